The second-order valence-electron chi connectivity index (χ2n) is 13.8. The van der Waals surface area contributed by atoms with Gasteiger partial charge in [-0.25, -0.2) is 0 Å². The topological polar surface area (TPSA) is 71.1 Å². The minimum Gasteiger partial charge on any atom is -0.462 e. The van der Waals surface area contributed by atoms with Gasteiger partial charge in [0.2, 0.25) is 0 Å². The molecule has 0 aromatic carbocycles. The third-order valence-electron chi connectivity index (χ3n) is 8.49. The van der Waals surface area contributed by atoms with Crippen LogP contribution in [-0.2, 0) is 28.5 Å². The summed E-state index contributed by atoms with van der Waals surface area (Å²) in [6.45, 7) is 17.4. The fourth-order valence-corrected chi connectivity index (χ4v) is 5.86. The van der Waals surface area contributed by atoms with Gasteiger partial charge in [-0.05, 0) is 62.2 Å². The fraction of sp³-hybridized carbons (Fsp3) is 0.935. The molecule has 2 fully saturated rings. The molecule has 0 aliphatic heterocycles. The van der Waals surface area contributed by atoms with E-state index in [0.29, 0.717) is 12.7 Å². The molecule has 4 atom stereocenters. The lowest BCUT2D eigenvalue weighted by molar-refractivity contribution is -0.190. The van der Waals surface area contributed by atoms with E-state index < -0.39 is 5.41 Å². The van der Waals surface area contributed by atoms with Gasteiger partial charge in [0, 0.05) is 0 Å². The number of ether oxygens (including phenoxy) is 4. The first kappa shape index (κ1) is 32.1. The van der Waals surface area contributed by atoms with Gasteiger partial charge in [-0.2, -0.15) is 0 Å². The van der Waals surface area contributed by atoms with Crippen molar-refractivity contribution in [3.63, 3.8) is 0 Å². The molecule has 4 unspecified atom stereocenters. The Morgan fingerprint density at radius 1 is 0.811 bits per heavy atom. The maximum absolute atomic E-state index is 13.1. The second-order valence-corrected chi connectivity index (χ2v) is 13.8. The van der Waals surface area contributed by atoms with Crippen molar-refractivity contribution in [2.45, 2.75) is 138 Å². The Morgan fingerprint density at radius 2 is 1.41 bits per heavy atom. The van der Waals surface area contributed by atoms with Crippen molar-refractivity contribution in [1.29, 1.82) is 0 Å². The maximum atomic E-state index is 13.1. The predicted octanol–water partition coefficient (Wildman–Crippen LogP) is 7.47. The average molecular weight is 525 g/mol. The van der Waals surface area contributed by atoms with Gasteiger partial charge in [0.1, 0.15) is 13.2 Å². The molecule has 0 aromatic rings. The molecule has 216 valence electrons. The third kappa shape index (κ3) is 10.2. The molecule has 0 amide bonds. The Kier molecular flexibility index (Phi) is 12.4. The van der Waals surface area contributed by atoms with Crippen molar-refractivity contribution in [3.05, 3.63) is 0 Å². The molecule has 0 bridgehead atoms. The standard InChI is InChI=1S/C31H56O6/c1-9-26(37-24-16-11-10-12-17-24)36-21-23-15-13-14-18-25(23)27(32)34-19-20-35-28(33)31(8,30(5,6)7)22-29(2,3)4/h23-26H,9-22H2,1-8H3. The Morgan fingerprint density at radius 3 is 2.00 bits per heavy atom. The van der Waals surface area contributed by atoms with Crippen LogP contribution in [0.4, 0.5) is 0 Å². The molecule has 2 saturated carbocycles. The van der Waals surface area contributed by atoms with Crippen molar-refractivity contribution < 1.29 is 28.5 Å². The summed E-state index contributed by atoms with van der Waals surface area (Å²) in [5.41, 5.74) is -0.888. The fourth-order valence-electron chi connectivity index (χ4n) is 5.86. The summed E-state index contributed by atoms with van der Waals surface area (Å²) in [7, 11) is 0. The molecular weight excluding hydrogens is 468 g/mol. The van der Waals surface area contributed by atoms with Gasteiger partial charge >= 0.3 is 11.9 Å². The van der Waals surface area contributed by atoms with Crippen LogP contribution in [0.3, 0.4) is 0 Å². The molecule has 37 heavy (non-hydrogen) atoms. The van der Waals surface area contributed by atoms with Crippen LogP contribution in [0.15, 0.2) is 0 Å². The molecule has 0 saturated heterocycles. The molecule has 6 heteroatoms. The summed E-state index contributed by atoms with van der Waals surface area (Å²) in [4.78, 5) is 26.1. The van der Waals surface area contributed by atoms with E-state index >= 15 is 0 Å². The summed E-state index contributed by atoms with van der Waals surface area (Å²) in [6.07, 6.45) is 11.6. The number of hydrogen-bond donors (Lipinski definition) is 0. The largest absolute Gasteiger partial charge is 0.462 e. The van der Waals surface area contributed by atoms with Crippen molar-refractivity contribution in [2.75, 3.05) is 19.8 Å². The van der Waals surface area contributed by atoms with Crippen molar-refractivity contribution in [1.82, 2.24) is 0 Å². The first-order valence-corrected chi connectivity index (χ1v) is 14.9. The molecule has 0 radical (unpaired) electrons. The first-order valence-electron chi connectivity index (χ1n) is 14.9. The van der Waals surface area contributed by atoms with Crippen LogP contribution in [0.2, 0.25) is 0 Å². The lowest BCUT2D eigenvalue weighted by atomic mass is 9.61. The number of carbonyl (C=O) groups excluding carboxylic acids is 2. The summed E-state index contributed by atoms with van der Waals surface area (Å²) in [5.74, 6) is -0.446. The lowest BCUT2D eigenvalue weighted by Crippen LogP contribution is -2.44. The van der Waals surface area contributed by atoms with Crippen LogP contribution in [0.5, 0.6) is 0 Å². The highest BCUT2D eigenvalue weighted by atomic mass is 16.7. The van der Waals surface area contributed by atoms with Gasteiger partial charge in [0.25, 0.3) is 0 Å². The highest BCUT2D eigenvalue weighted by Gasteiger charge is 2.47. The molecule has 0 heterocycles. The quantitative estimate of drug-likeness (QED) is 0.150. The Labute approximate surface area is 226 Å². The van der Waals surface area contributed by atoms with Gasteiger partial charge < -0.3 is 18.9 Å². The van der Waals surface area contributed by atoms with Crippen LogP contribution >= 0.6 is 0 Å². The van der Waals surface area contributed by atoms with Gasteiger partial charge in [0.15, 0.2) is 6.29 Å². The van der Waals surface area contributed by atoms with E-state index in [9.17, 15) is 9.59 Å². The van der Waals surface area contributed by atoms with Crippen molar-refractivity contribution >= 4 is 11.9 Å². The van der Waals surface area contributed by atoms with E-state index in [0.717, 1.165) is 51.4 Å². The van der Waals surface area contributed by atoms with Gasteiger partial charge in [0.05, 0.1) is 24.0 Å². The van der Waals surface area contributed by atoms with Crippen LogP contribution in [0.25, 0.3) is 0 Å². The first-order chi connectivity index (χ1) is 17.3. The minimum atomic E-state index is -0.628. The number of hydrogen-bond acceptors (Lipinski definition) is 6. The summed E-state index contributed by atoms with van der Waals surface area (Å²) in [5, 5.41) is 0. The van der Waals surface area contributed by atoms with Crippen LogP contribution in [0.1, 0.15) is 126 Å². The highest BCUT2D eigenvalue weighted by Crippen LogP contribution is 2.47. The van der Waals surface area contributed by atoms with E-state index in [-0.39, 0.29) is 54.1 Å². The molecule has 6 nitrogen and oxygen atoms in total. The zero-order valence-corrected chi connectivity index (χ0v) is 25.2. The number of esters is 2. The minimum absolute atomic E-state index is 0.0101. The molecule has 2 aliphatic carbocycles. The normalized spacial score (nSPS) is 24.2. The number of carbonyl (C=O) groups is 2. The molecule has 2 rings (SSSR count). The maximum Gasteiger partial charge on any atom is 0.312 e. The van der Waals surface area contributed by atoms with E-state index in [2.05, 4.69) is 48.5 Å². The average Bonchev–Trinajstić information content (AvgIpc) is 2.83. The van der Waals surface area contributed by atoms with Gasteiger partial charge in [-0.3, -0.25) is 9.59 Å². The van der Waals surface area contributed by atoms with E-state index in [1.54, 1.807) is 0 Å². The number of rotatable bonds is 12. The Hall–Kier alpha value is -1.14. The molecule has 2 aliphatic rings. The summed E-state index contributed by atoms with van der Waals surface area (Å²) < 4.78 is 23.7. The third-order valence-corrected chi connectivity index (χ3v) is 8.49. The lowest BCUT2D eigenvalue weighted by Gasteiger charge is -2.43. The zero-order valence-electron chi connectivity index (χ0n) is 25.2. The predicted molar refractivity (Wildman–Crippen MR) is 147 cm³/mol. The van der Waals surface area contributed by atoms with Crippen LogP contribution in [-0.4, -0.2) is 44.2 Å². The smallest absolute Gasteiger partial charge is 0.312 e. The van der Waals surface area contributed by atoms with Crippen LogP contribution in [0, 0.1) is 28.1 Å². The van der Waals surface area contributed by atoms with E-state index in [1.807, 2.05) is 6.92 Å². The highest BCUT2D eigenvalue weighted by molar-refractivity contribution is 5.77. The molecule has 0 spiro atoms. The molecular formula is C31H56O6. The van der Waals surface area contributed by atoms with E-state index in [1.165, 1.54) is 19.3 Å². The second kappa shape index (κ2) is 14.3. The molecule has 0 N–H and O–H groups in total. The van der Waals surface area contributed by atoms with Crippen LogP contribution < -0.4 is 0 Å². The summed E-state index contributed by atoms with van der Waals surface area (Å²) >= 11 is 0. The summed E-state index contributed by atoms with van der Waals surface area (Å²) in [6, 6.07) is 0. The van der Waals surface area contributed by atoms with Crippen molar-refractivity contribution in [2.24, 2.45) is 28.1 Å². The monoisotopic (exact) mass is 524 g/mol. The molecule has 0 aromatic heterocycles. The van der Waals surface area contributed by atoms with Crippen molar-refractivity contribution in [3.8, 4) is 0 Å². The zero-order chi connectivity index (χ0) is 27.7. The SMILES string of the molecule is CCC(OCC1CCCCC1C(=O)OCCOC(=O)C(C)(CC(C)(C)C)C(C)(C)C)OC1CCCCC1. The van der Waals surface area contributed by atoms with Gasteiger partial charge in [-0.1, -0.05) is 80.6 Å². The Bertz CT molecular complexity index is 699. The van der Waals surface area contributed by atoms with Gasteiger partial charge in [-0.15, -0.1) is 0 Å². The van der Waals surface area contributed by atoms with E-state index in [4.69, 9.17) is 18.9 Å². The Balaban J connectivity index is 1.82.